The Morgan fingerprint density at radius 1 is 1.24 bits per heavy atom. The van der Waals surface area contributed by atoms with Gasteiger partial charge in [0, 0.05) is 26.3 Å². The van der Waals surface area contributed by atoms with Crippen molar-refractivity contribution in [3.05, 3.63) is 18.2 Å². The standard InChI is InChI=1S/C15H24N4O5S/c1-22-8-4-7-19-10-16-15(17-11-19)18-25(20,21)12-5-6-13(23-2)14(9-12)24-3/h5-6,9H,4,7-8,10-11H2,1-3H3,(H2,16,17,18). The first-order chi connectivity index (χ1) is 12.0. The number of benzene rings is 1. The Morgan fingerprint density at radius 3 is 2.60 bits per heavy atom. The van der Waals surface area contributed by atoms with Gasteiger partial charge in [0.1, 0.15) is 0 Å². The second-order valence-electron chi connectivity index (χ2n) is 5.35. The Balaban J connectivity index is 2.02. The minimum absolute atomic E-state index is 0.0668. The van der Waals surface area contributed by atoms with E-state index in [1.54, 1.807) is 13.2 Å². The lowest BCUT2D eigenvalue weighted by atomic mass is 10.3. The van der Waals surface area contributed by atoms with Crippen molar-refractivity contribution in [2.24, 2.45) is 4.99 Å². The Kier molecular flexibility index (Phi) is 6.85. The molecular weight excluding hydrogens is 348 g/mol. The lowest BCUT2D eigenvalue weighted by Crippen LogP contribution is -2.50. The second kappa shape index (κ2) is 8.88. The van der Waals surface area contributed by atoms with E-state index in [1.807, 2.05) is 4.90 Å². The number of aliphatic imine (C=N–C) groups is 1. The lowest BCUT2D eigenvalue weighted by Gasteiger charge is -2.26. The largest absolute Gasteiger partial charge is 0.493 e. The van der Waals surface area contributed by atoms with Crippen molar-refractivity contribution in [1.29, 1.82) is 0 Å². The zero-order chi connectivity index (χ0) is 18.3. The molecule has 0 unspecified atom stereocenters. The summed E-state index contributed by atoms with van der Waals surface area (Å²) >= 11 is 0. The Labute approximate surface area is 148 Å². The molecule has 25 heavy (non-hydrogen) atoms. The van der Waals surface area contributed by atoms with Crippen molar-refractivity contribution in [2.45, 2.75) is 11.3 Å². The summed E-state index contributed by atoms with van der Waals surface area (Å²) in [6.45, 7) is 2.43. The highest BCUT2D eigenvalue weighted by Gasteiger charge is 2.21. The zero-order valence-corrected chi connectivity index (χ0v) is 15.4. The van der Waals surface area contributed by atoms with Gasteiger partial charge in [0.15, 0.2) is 11.5 Å². The van der Waals surface area contributed by atoms with E-state index >= 15 is 0 Å². The lowest BCUT2D eigenvalue weighted by molar-refractivity contribution is 0.169. The molecule has 0 aromatic heterocycles. The molecule has 1 aromatic carbocycles. The monoisotopic (exact) mass is 372 g/mol. The van der Waals surface area contributed by atoms with E-state index in [4.69, 9.17) is 14.2 Å². The maximum atomic E-state index is 12.5. The number of rotatable bonds is 8. The van der Waals surface area contributed by atoms with Gasteiger partial charge in [0.2, 0.25) is 5.96 Å². The van der Waals surface area contributed by atoms with Crippen LogP contribution in [0.4, 0.5) is 0 Å². The molecular formula is C15H24N4O5S. The maximum absolute atomic E-state index is 12.5. The highest BCUT2D eigenvalue weighted by Crippen LogP contribution is 2.29. The van der Waals surface area contributed by atoms with Crippen LogP contribution in [0.15, 0.2) is 28.1 Å². The van der Waals surface area contributed by atoms with Crippen molar-refractivity contribution in [3.63, 3.8) is 0 Å². The number of guanidine groups is 1. The van der Waals surface area contributed by atoms with Crippen molar-refractivity contribution in [3.8, 4) is 11.5 Å². The molecule has 0 saturated carbocycles. The van der Waals surface area contributed by atoms with Gasteiger partial charge < -0.3 is 19.5 Å². The van der Waals surface area contributed by atoms with E-state index in [1.165, 1.54) is 26.4 Å². The predicted octanol–water partition coefficient (Wildman–Crippen LogP) is 0.195. The van der Waals surface area contributed by atoms with Crippen LogP contribution in [-0.2, 0) is 14.8 Å². The first kappa shape index (κ1) is 19.3. The third-order valence-electron chi connectivity index (χ3n) is 3.62. The summed E-state index contributed by atoms with van der Waals surface area (Å²) in [5, 5.41) is 2.96. The van der Waals surface area contributed by atoms with Gasteiger partial charge in [-0.25, -0.2) is 18.1 Å². The quantitative estimate of drug-likeness (QED) is 0.628. The number of nitrogens with one attached hydrogen (secondary N) is 2. The van der Waals surface area contributed by atoms with Gasteiger partial charge in [-0.15, -0.1) is 0 Å². The molecule has 0 saturated heterocycles. The van der Waals surface area contributed by atoms with Crippen LogP contribution >= 0.6 is 0 Å². The smallest absolute Gasteiger partial charge is 0.264 e. The van der Waals surface area contributed by atoms with Crippen molar-refractivity contribution < 1.29 is 22.6 Å². The predicted molar refractivity (Wildman–Crippen MR) is 93.4 cm³/mol. The summed E-state index contributed by atoms with van der Waals surface area (Å²) in [5.41, 5.74) is 0. The van der Waals surface area contributed by atoms with Crippen molar-refractivity contribution in [2.75, 3.05) is 47.8 Å². The molecule has 9 nitrogen and oxygen atoms in total. The molecule has 0 atom stereocenters. The van der Waals surface area contributed by atoms with Crippen LogP contribution in [0.3, 0.4) is 0 Å². The van der Waals surface area contributed by atoms with Crippen LogP contribution < -0.4 is 19.5 Å². The number of methoxy groups -OCH3 is 3. The van der Waals surface area contributed by atoms with E-state index in [-0.39, 0.29) is 10.9 Å². The fraction of sp³-hybridized carbons (Fsp3) is 0.533. The highest BCUT2D eigenvalue weighted by atomic mass is 32.2. The van der Waals surface area contributed by atoms with Gasteiger partial charge in [-0.3, -0.25) is 4.90 Å². The van der Waals surface area contributed by atoms with E-state index in [0.29, 0.717) is 31.4 Å². The third-order valence-corrected chi connectivity index (χ3v) is 4.95. The summed E-state index contributed by atoms with van der Waals surface area (Å²) < 4.78 is 42.7. The summed E-state index contributed by atoms with van der Waals surface area (Å²) in [6.07, 6.45) is 0.889. The molecule has 0 amide bonds. The molecule has 10 heteroatoms. The van der Waals surface area contributed by atoms with E-state index in [0.717, 1.165) is 13.0 Å². The number of sulfonamides is 1. The molecule has 1 aliphatic heterocycles. The second-order valence-corrected chi connectivity index (χ2v) is 7.03. The van der Waals surface area contributed by atoms with Crippen LogP contribution in [0.25, 0.3) is 0 Å². The van der Waals surface area contributed by atoms with Crippen molar-refractivity contribution in [1.82, 2.24) is 14.9 Å². The topological polar surface area (TPSA) is 101 Å². The molecule has 0 bridgehead atoms. The summed E-state index contributed by atoms with van der Waals surface area (Å²) in [7, 11) is 0.828. The first-order valence-corrected chi connectivity index (χ1v) is 9.23. The normalized spacial score (nSPS) is 15.2. The minimum Gasteiger partial charge on any atom is -0.493 e. The maximum Gasteiger partial charge on any atom is 0.264 e. The average molecular weight is 372 g/mol. The molecule has 0 spiro atoms. The average Bonchev–Trinajstić information content (AvgIpc) is 2.62. The van der Waals surface area contributed by atoms with Gasteiger partial charge in [-0.1, -0.05) is 0 Å². The number of nitrogens with zero attached hydrogens (tertiary/aromatic N) is 2. The molecule has 0 fully saturated rings. The van der Waals surface area contributed by atoms with E-state index in [2.05, 4.69) is 15.0 Å². The van der Waals surface area contributed by atoms with Crippen LogP contribution in [0.1, 0.15) is 6.42 Å². The number of hydrogen-bond acceptors (Lipinski definition) is 8. The van der Waals surface area contributed by atoms with Crippen LogP contribution in [-0.4, -0.2) is 67.1 Å². The van der Waals surface area contributed by atoms with Crippen LogP contribution in [0.5, 0.6) is 11.5 Å². The number of hydrogen-bond donors (Lipinski definition) is 2. The molecule has 0 radical (unpaired) electrons. The van der Waals surface area contributed by atoms with Gasteiger partial charge in [-0.05, 0) is 18.6 Å². The molecule has 2 rings (SSSR count). The fourth-order valence-electron chi connectivity index (χ4n) is 2.28. The van der Waals surface area contributed by atoms with Gasteiger partial charge in [0.05, 0.1) is 32.5 Å². The molecule has 0 aliphatic carbocycles. The van der Waals surface area contributed by atoms with E-state index < -0.39 is 10.0 Å². The first-order valence-electron chi connectivity index (χ1n) is 7.74. The van der Waals surface area contributed by atoms with Crippen LogP contribution in [0, 0.1) is 0 Å². The van der Waals surface area contributed by atoms with Crippen molar-refractivity contribution >= 4 is 16.0 Å². The summed E-state index contributed by atoms with van der Waals surface area (Å²) in [5.74, 6) is 1.02. The Bertz CT molecular complexity index is 708. The number of ether oxygens (including phenoxy) is 3. The van der Waals surface area contributed by atoms with Gasteiger partial charge in [-0.2, -0.15) is 0 Å². The van der Waals surface area contributed by atoms with Gasteiger partial charge in [0.25, 0.3) is 10.0 Å². The molecule has 2 N–H and O–H groups in total. The molecule has 140 valence electrons. The zero-order valence-electron chi connectivity index (χ0n) is 14.6. The fourth-order valence-corrected chi connectivity index (χ4v) is 3.30. The SMILES string of the molecule is COCCCN1CN=C(NS(=O)(=O)c2ccc(OC)c(OC)c2)NC1. The third kappa shape index (κ3) is 5.21. The summed E-state index contributed by atoms with van der Waals surface area (Å²) in [6, 6.07) is 4.40. The molecule has 1 aromatic rings. The minimum atomic E-state index is -3.77. The van der Waals surface area contributed by atoms with Gasteiger partial charge >= 0.3 is 0 Å². The van der Waals surface area contributed by atoms with E-state index in [9.17, 15) is 8.42 Å². The Morgan fingerprint density at radius 2 is 2.00 bits per heavy atom. The summed E-state index contributed by atoms with van der Waals surface area (Å²) in [4.78, 5) is 6.34. The highest BCUT2D eigenvalue weighted by molar-refractivity contribution is 7.90. The van der Waals surface area contributed by atoms with Crippen LogP contribution in [0.2, 0.25) is 0 Å². The Hall–Kier alpha value is -2.04. The molecule has 1 aliphatic rings. The molecule has 1 heterocycles.